The molecule has 0 spiro atoms. The standard InChI is InChI=1S/C19H19N3O2S/c1-2-12-22-18(24)14-10-6-7-11-15(14)21-19(22)25-16(17(20)23)13-8-4-3-5-9-13/h3-11,16H,2,12H2,1H3,(H2,20,23). The highest BCUT2D eigenvalue weighted by molar-refractivity contribution is 8.00. The second kappa shape index (κ2) is 7.53. The number of hydrogen-bond donors (Lipinski definition) is 1. The summed E-state index contributed by atoms with van der Waals surface area (Å²) < 4.78 is 1.63. The monoisotopic (exact) mass is 353 g/mol. The molecule has 1 amide bonds. The summed E-state index contributed by atoms with van der Waals surface area (Å²) in [4.78, 5) is 29.4. The van der Waals surface area contributed by atoms with Gasteiger partial charge in [0.2, 0.25) is 5.91 Å². The first-order valence-corrected chi connectivity index (χ1v) is 9.00. The Morgan fingerprint density at radius 2 is 1.84 bits per heavy atom. The molecule has 3 aromatic rings. The van der Waals surface area contributed by atoms with E-state index in [9.17, 15) is 9.59 Å². The highest BCUT2D eigenvalue weighted by atomic mass is 32.2. The molecule has 2 aromatic carbocycles. The number of carbonyl (C=O) groups excluding carboxylic acids is 1. The maximum Gasteiger partial charge on any atom is 0.262 e. The predicted molar refractivity (Wildman–Crippen MR) is 101 cm³/mol. The van der Waals surface area contributed by atoms with Crippen molar-refractivity contribution < 1.29 is 4.79 Å². The molecule has 0 fully saturated rings. The second-order valence-electron chi connectivity index (χ2n) is 5.68. The van der Waals surface area contributed by atoms with E-state index < -0.39 is 11.2 Å². The maximum absolute atomic E-state index is 12.8. The van der Waals surface area contributed by atoms with Crippen molar-refractivity contribution in [2.24, 2.45) is 5.73 Å². The molecule has 0 saturated carbocycles. The molecule has 1 aromatic heterocycles. The van der Waals surface area contributed by atoms with Crippen molar-refractivity contribution in [2.45, 2.75) is 30.3 Å². The molecule has 3 rings (SSSR count). The molecule has 128 valence electrons. The van der Waals surface area contributed by atoms with Crippen LogP contribution in [0.4, 0.5) is 0 Å². The van der Waals surface area contributed by atoms with Gasteiger partial charge in [0.1, 0.15) is 5.25 Å². The van der Waals surface area contributed by atoms with Crippen LogP contribution in [0.1, 0.15) is 24.2 Å². The van der Waals surface area contributed by atoms with Gasteiger partial charge < -0.3 is 5.73 Å². The van der Waals surface area contributed by atoms with Gasteiger partial charge in [-0.15, -0.1) is 0 Å². The van der Waals surface area contributed by atoms with E-state index in [-0.39, 0.29) is 5.56 Å². The van der Waals surface area contributed by atoms with Gasteiger partial charge in [0.15, 0.2) is 5.16 Å². The molecule has 0 radical (unpaired) electrons. The fourth-order valence-electron chi connectivity index (χ4n) is 2.68. The lowest BCUT2D eigenvalue weighted by Crippen LogP contribution is -2.25. The zero-order chi connectivity index (χ0) is 17.8. The molecular weight excluding hydrogens is 334 g/mol. The van der Waals surface area contributed by atoms with E-state index >= 15 is 0 Å². The lowest BCUT2D eigenvalue weighted by molar-refractivity contribution is -0.117. The van der Waals surface area contributed by atoms with E-state index in [1.807, 2.05) is 49.4 Å². The minimum absolute atomic E-state index is 0.0915. The van der Waals surface area contributed by atoms with Gasteiger partial charge in [-0.1, -0.05) is 61.2 Å². The van der Waals surface area contributed by atoms with E-state index in [0.717, 1.165) is 12.0 Å². The van der Waals surface area contributed by atoms with E-state index in [1.165, 1.54) is 11.8 Å². The Bertz CT molecular complexity index is 954. The zero-order valence-electron chi connectivity index (χ0n) is 13.9. The number of amides is 1. The van der Waals surface area contributed by atoms with Crippen LogP contribution in [0.3, 0.4) is 0 Å². The van der Waals surface area contributed by atoms with Crippen molar-refractivity contribution in [1.82, 2.24) is 9.55 Å². The van der Waals surface area contributed by atoms with E-state index in [2.05, 4.69) is 4.98 Å². The number of benzene rings is 2. The van der Waals surface area contributed by atoms with Crippen LogP contribution in [0.15, 0.2) is 64.5 Å². The van der Waals surface area contributed by atoms with E-state index in [1.54, 1.807) is 16.7 Å². The van der Waals surface area contributed by atoms with Crippen LogP contribution in [0.25, 0.3) is 10.9 Å². The molecular formula is C19H19N3O2S. The lowest BCUT2D eigenvalue weighted by atomic mass is 10.1. The first-order valence-electron chi connectivity index (χ1n) is 8.12. The molecule has 0 aliphatic rings. The Balaban J connectivity index is 2.11. The molecule has 0 saturated heterocycles. The van der Waals surface area contributed by atoms with Gasteiger partial charge >= 0.3 is 0 Å². The summed E-state index contributed by atoms with van der Waals surface area (Å²) in [5, 5.41) is 0.492. The predicted octanol–water partition coefficient (Wildman–Crippen LogP) is 3.13. The molecule has 1 unspecified atom stereocenters. The third-order valence-corrected chi connectivity index (χ3v) is 5.12. The summed E-state index contributed by atoms with van der Waals surface area (Å²) in [7, 11) is 0. The van der Waals surface area contributed by atoms with Gasteiger partial charge in [0.05, 0.1) is 10.9 Å². The molecule has 1 atom stereocenters. The Morgan fingerprint density at radius 3 is 2.52 bits per heavy atom. The number of thioether (sulfide) groups is 1. The lowest BCUT2D eigenvalue weighted by Gasteiger charge is -2.17. The third-order valence-electron chi connectivity index (χ3n) is 3.86. The first kappa shape index (κ1) is 17.2. The van der Waals surface area contributed by atoms with Crippen molar-refractivity contribution in [3.8, 4) is 0 Å². The Kier molecular flexibility index (Phi) is 5.19. The van der Waals surface area contributed by atoms with Crippen LogP contribution in [-0.2, 0) is 11.3 Å². The average molecular weight is 353 g/mol. The number of nitrogens with two attached hydrogens (primary N) is 1. The smallest absolute Gasteiger partial charge is 0.262 e. The molecule has 0 bridgehead atoms. The molecule has 0 aliphatic carbocycles. The van der Waals surface area contributed by atoms with Crippen LogP contribution in [-0.4, -0.2) is 15.5 Å². The zero-order valence-corrected chi connectivity index (χ0v) is 14.7. The minimum Gasteiger partial charge on any atom is -0.368 e. The summed E-state index contributed by atoms with van der Waals surface area (Å²) in [6.45, 7) is 2.54. The first-order chi connectivity index (χ1) is 12.1. The van der Waals surface area contributed by atoms with Crippen molar-refractivity contribution in [3.63, 3.8) is 0 Å². The van der Waals surface area contributed by atoms with Crippen LogP contribution in [0.2, 0.25) is 0 Å². The van der Waals surface area contributed by atoms with Gasteiger partial charge in [0.25, 0.3) is 5.56 Å². The Morgan fingerprint density at radius 1 is 1.16 bits per heavy atom. The largest absolute Gasteiger partial charge is 0.368 e. The van der Waals surface area contributed by atoms with E-state index in [0.29, 0.717) is 22.6 Å². The molecule has 25 heavy (non-hydrogen) atoms. The van der Waals surface area contributed by atoms with Gasteiger partial charge in [0, 0.05) is 6.54 Å². The van der Waals surface area contributed by atoms with Crippen LogP contribution in [0, 0.1) is 0 Å². The number of nitrogens with zero attached hydrogens (tertiary/aromatic N) is 2. The number of fused-ring (bicyclic) bond motifs is 1. The van der Waals surface area contributed by atoms with Gasteiger partial charge in [-0.25, -0.2) is 4.98 Å². The quantitative estimate of drug-likeness (QED) is 0.545. The van der Waals surface area contributed by atoms with Crippen molar-refractivity contribution in [2.75, 3.05) is 0 Å². The number of para-hydroxylation sites is 1. The number of carbonyl (C=O) groups is 1. The van der Waals surface area contributed by atoms with Crippen molar-refractivity contribution >= 4 is 28.6 Å². The van der Waals surface area contributed by atoms with Crippen LogP contribution in [0.5, 0.6) is 0 Å². The molecule has 6 heteroatoms. The van der Waals surface area contributed by atoms with E-state index in [4.69, 9.17) is 5.73 Å². The van der Waals surface area contributed by atoms with Gasteiger partial charge in [-0.3, -0.25) is 14.2 Å². The highest BCUT2D eigenvalue weighted by Crippen LogP contribution is 2.34. The normalized spacial score (nSPS) is 12.2. The summed E-state index contributed by atoms with van der Waals surface area (Å²) in [6.07, 6.45) is 0.792. The van der Waals surface area contributed by atoms with Crippen molar-refractivity contribution in [1.29, 1.82) is 0 Å². The van der Waals surface area contributed by atoms with Crippen molar-refractivity contribution in [3.05, 3.63) is 70.5 Å². The summed E-state index contributed by atoms with van der Waals surface area (Å²) in [5.74, 6) is -0.457. The van der Waals surface area contributed by atoms with Gasteiger partial charge in [-0.05, 0) is 24.1 Å². The topological polar surface area (TPSA) is 78.0 Å². The third kappa shape index (κ3) is 3.58. The highest BCUT2D eigenvalue weighted by Gasteiger charge is 2.22. The van der Waals surface area contributed by atoms with Crippen LogP contribution < -0.4 is 11.3 Å². The number of aromatic nitrogens is 2. The summed E-state index contributed by atoms with van der Waals surface area (Å²) >= 11 is 1.22. The molecule has 2 N–H and O–H groups in total. The van der Waals surface area contributed by atoms with Crippen LogP contribution >= 0.6 is 11.8 Å². The SMILES string of the molecule is CCCn1c(SC(C(N)=O)c2ccccc2)nc2ccccc2c1=O. The van der Waals surface area contributed by atoms with Gasteiger partial charge in [-0.2, -0.15) is 0 Å². The average Bonchev–Trinajstić information content (AvgIpc) is 2.63. The Labute approximate surface area is 149 Å². The fourth-order valence-corrected chi connectivity index (χ4v) is 3.75. The summed E-state index contributed by atoms with van der Waals surface area (Å²) in [6, 6.07) is 16.6. The number of rotatable bonds is 6. The Hall–Kier alpha value is -2.60. The summed E-state index contributed by atoms with van der Waals surface area (Å²) in [5.41, 5.74) is 6.95. The minimum atomic E-state index is -0.600. The maximum atomic E-state index is 12.8. The fraction of sp³-hybridized carbons (Fsp3) is 0.211. The molecule has 0 aliphatic heterocycles. The second-order valence-corrected chi connectivity index (χ2v) is 6.75. The molecule has 5 nitrogen and oxygen atoms in total. The molecule has 1 heterocycles. The number of hydrogen-bond acceptors (Lipinski definition) is 4. The number of primary amides is 1.